The number of nitrogen functional groups attached to an aromatic ring is 1. The molecular formula is C12H17N5O2S. The first-order chi connectivity index (χ1) is 9.37. The van der Waals surface area contributed by atoms with Crippen LogP contribution in [0.4, 0.5) is 5.82 Å². The third kappa shape index (κ3) is 2.09. The van der Waals surface area contributed by atoms with Gasteiger partial charge in [0.1, 0.15) is 17.2 Å². The second kappa shape index (κ2) is 4.34. The zero-order valence-corrected chi connectivity index (χ0v) is 12.3. The molecule has 0 bridgehead atoms. The SMILES string of the molecule is Cc1c(-c2cn(C)cn2)nn(C2CCS(=O)(=O)C2)c1N. The average Bonchev–Trinajstić information content (AvgIpc) is 3.01. The van der Waals surface area contributed by atoms with E-state index in [1.54, 1.807) is 11.0 Å². The van der Waals surface area contributed by atoms with Crippen LogP contribution in [0.3, 0.4) is 0 Å². The lowest BCUT2D eigenvalue weighted by Gasteiger charge is -2.10. The Morgan fingerprint density at radius 3 is 2.75 bits per heavy atom. The lowest BCUT2D eigenvalue weighted by atomic mass is 10.2. The van der Waals surface area contributed by atoms with Gasteiger partial charge in [0.05, 0.1) is 23.9 Å². The molecule has 7 nitrogen and oxygen atoms in total. The minimum absolute atomic E-state index is 0.111. The van der Waals surface area contributed by atoms with Crippen LogP contribution in [0.5, 0.6) is 0 Å². The van der Waals surface area contributed by atoms with E-state index in [2.05, 4.69) is 10.1 Å². The molecule has 1 aliphatic rings. The number of hydrogen-bond acceptors (Lipinski definition) is 5. The van der Waals surface area contributed by atoms with Crippen molar-refractivity contribution in [2.75, 3.05) is 17.2 Å². The highest BCUT2D eigenvalue weighted by atomic mass is 32.2. The molecule has 1 aliphatic heterocycles. The molecule has 0 aliphatic carbocycles. The first kappa shape index (κ1) is 13.2. The number of aromatic nitrogens is 4. The summed E-state index contributed by atoms with van der Waals surface area (Å²) in [5.41, 5.74) is 8.39. The van der Waals surface area contributed by atoms with Gasteiger partial charge in [0.2, 0.25) is 0 Å². The van der Waals surface area contributed by atoms with Crippen LogP contribution in [0.15, 0.2) is 12.5 Å². The highest BCUT2D eigenvalue weighted by molar-refractivity contribution is 7.91. The number of sulfone groups is 1. The van der Waals surface area contributed by atoms with Crippen molar-refractivity contribution in [3.8, 4) is 11.4 Å². The smallest absolute Gasteiger partial charge is 0.152 e. The molecule has 1 unspecified atom stereocenters. The molecule has 1 atom stereocenters. The molecular weight excluding hydrogens is 278 g/mol. The fraction of sp³-hybridized carbons (Fsp3) is 0.500. The second-order valence-electron chi connectivity index (χ2n) is 5.28. The molecule has 0 saturated carbocycles. The van der Waals surface area contributed by atoms with Gasteiger partial charge in [-0.1, -0.05) is 0 Å². The highest BCUT2D eigenvalue weighted by Gasteiger charge is 2.32. The summed E-state index contributed by atoms with van der Waals surface area (Å²) in [4.78, 5) is 4.27. The van der Waals surface area contributed by atoms with Crippen LogP contribution in [0, 0.1) is 6.92 Å². The Labute approximate surface area is 117 Å². The van der Waals surface area contributed by atoms with Crippen LogP contribution >= 0.6 is 0 Å². The normalized spacial score (nSPS) is 21.4. The van der Waals surface area contributed by atoms with Gasteiger partial charge < -0.3 is 10.3 Å². The molecule has 20 heavy (non-hydrogen) atoms. The third-order valence-corrected chi connectivity index (χ3v) is 5.45. The minimum atomic E-state index is -2.96. The van der Waals surface area contributed by atoms with E-state index in [0.29, 0.717) is 17.9 Å². The van der Waals surface area contributed by atoms with Crippen molar-refractivity contribution in [2.24, 2.45) is 7.05 Å². The second-order valence-corrected chi connectivity index (χ2v) is 7.51. The molecule has 8 heteroatoms. The predicted octanol–water partition coefficient (Wildman–Crippen LogP) is 0.534. The fourth-order valence-electron chi connectivity index (χ4n) is 2.55. The van der Waals surface area contributed by atoms with E-state index in [0.717, 1.165) is 11.3 Å². The number of nitrogens with two attached hydrogens (primary N) is 1. The van der Waals surface area contributed by atoms with Crippen molar-refractivity contribution in [1.29, 1.82) is 0 Å². The molecule has 2 aromatic heterocycles. The monoisotopic (exact) mass is 295 g/mol. The largest absolute Gasteiger partial charge is 0.384 e. The maximum Gasteiger partial charge on any atom is 0.152 e. The maximum absolute atomic E-state index is 11.6. The molecule has 3 heterocycles. The van der Waals surface area contributed by atoms with E-state index in [1.807, 2.05) is 24.7 Å². The van der Waals surface area contributed by atoms with E-state index in [-0.39, 0.29) is 17.5 Å². The van der Waals surface area contributed by atoms with E-state index < -0.39 is 9.84 Å². The minimum Gasteiger partial charge on any atom is -0.384 e. The first-order valence-electron chi connectivity index (χ1n) is 6.41. The summed E-state index contributed by atoms with van der Waals surface area (Å²) < 4.78 is 26.7. The molecule has 3 rings (SSSR count). The van der Waals surface area contributed by atoms with Crippen LogP contribution in [-0.2, 0) is 16.9 Å². The lowest BCUT2D eigenvalue weighted by molar-refractivity contribution is 0.508. The molecule has 108 valence electrons. The van der Waals surface area contributed by atoms with Gasteiger partial charge in [0, 0.05) is 18.8 Å². The van der Waals surface area contributed by atoms with E-state index in [1.165, 1.54) is 0 Å². The maximum atomic E-state index is 11.6. The Morgan fingerprint density at radius 2 is 2.20 bits per heavy atom. The summed E-state index contributed by atoms with van der Waals surface area (Å²) >= 11 is 0. The summed E-state index contributed by atoms with van der Waals surface area (Å²) in [5.74, 6) is 0.835. The van der Waals surface area contributed by atoms with Crippen LogP contribution in [-0.4, -0.2) is 39.3 Å². The predicted molar refractivity (Wildman–Crippen MR) is 75.9 cm³/mol. The number of nitrogens with zero attached hydrogens (tertiary/aromatic N) is 4. The van der Waals surface area contributed by atoms with Gasteiger partial charge >= 0.3 is 0 Å². The molecule has 0 aromatic carbocycles. The van der Waals surface area contributed by atoms with Gasteiger partial charge in [-0.05, 0) is 13.3 Å². The van der Waals surface area contributed by atoms with Crippen molar-refractivity contribution >= 4 is 15.7 Å². The molecule has 0 amide bonds. The average molecular weight is 295 g/mol. The fourth-order valence-corrected chi connectivity index (χ4v) is 4.25. The van der Waals surface area contributed by atoms with Crippen molar-refractivity contribution in [1.82, 2.24) is 19.3 Å². The Kier molecular flexibility index (Phi) is 2.86. The molecule has 0 radical (unpaired) electrons. The zero-order valence-electron chi connectivity index (χ0n) is 11.4. The van der Waals surface area contributed by atoms with E-state index in [4.69, 9.17) is 5.73 Å². The molecule has 2 aromatic rings. The number of rotatable bonds is 2. The number of imidazole rings is 1. The molecule has 1 saturated heterocycles. The summed E-state index contributed by atoms with van der Waals surface area (Å²) in [7, 11) is -1.08. The van der Waals surface area contributed by atoms with Crippen molar-refractivity contribution in [2.45, 2.75) is 19.4 Å². The lowest BCUT2D eigenvalue weighted by Crippen LogP contribution is -2.14. The topological polar surface area (TPSA) is 95.8 Å². The quantitative estimate of drug-likeness (QED) is 0.872. The van der Waals surface area contributed by atoms with E-state index >= 15 is 0 Å². The Bertz CT molecular complexity index is 759. The van der Waals surface area contributed by atoms with Crippen LogP contribution < -0.4 is 5.73 Å². The Morgan fingerprint density at radius 1 is 1.45 bits per heavy atom. The highest BCUT2D eigenvalue weighted by Crippen LogP contribution is 2.31. The number of hydrogen-bond donors (Lipinski definition) is 1. The van der Waals surface area contributed by atoms with Crippen LogP contribution in [0.1, 0.15) is 18.0 Å². The third-order valence-electron chi connectivity index (χ3n) is 3.70. The standard InChI is InChI=1S/C12H17N5O2S/c1-8-11(10-5-16(2)7-14-10)15-17(12(8)13)9-3-4-20(18,19)6-9/h5,7,9H,3-4,6,13H2,1-2H3. The van der Waals surface area contributed by atoms with Crippen molar-refractivity contribution in [3.05, 3.63) is 18.1 Å². The first-order valence-corrected chi connectivity index (χ1v) is 8.23. The zero-order chi connectivity index (χ0) is 14.5. The van der Waals surface area contributed by atoms with E-state index in [9.17, 15) is 8.42 Å². The van der Waals surface area contributed by atoms with Crippen molar-refractivity contribution < 1.29 is 8.42 Å². The van der Waals surface area contributed by atoms with Gasteiger partial charge in [-0.3, -0.25) is 0 Å². The molecule has 1 fully saturated rings. The van der Waals surface area contributed by atoms with Crippen LogP contribution in [0.25, 0.3) is 11.4 Å². The number of anilines is 1. The summed E-state index contributed by atoms with van der Waals surface area (Å²) in [6, 6.07) is -0.170. The summed E-state index contributed by atoms with van der Waals surface area (Å²) in [6.45, 7) is 1.88. The van der Waals surface area contributed by atoms with Crippen molar-refractivity contribution in [3.63, 3.8) is 0 Å². The van der Waals surface area contributed by atoms with Gasteiger partial charge in [-0.25, -0.2) is 18.1 Å². The molecule has 0 spiro atoms. The van der Waals surface area contributed by atoms with Gasteiger partial charge in [0.25, 0.3) is 0 Å². The molecule has 2 N–H and O–H groups in total. The van der Waals surface area contributed by atoms with Gasteiger partial charge in [-0.2, -0.15) is 5.10 Å². The number of aryl methyl sites for hydroxylation is 1. The Hall–Kier alpha value is -1.83. The van der Waals surface area contributed by atoms with Crippen LogP contribution in [0.2, 0.25) is 0 Å². The van der Waals surface area contributed by atoms with Gasteiger partial charge in [-0.15, -0.1) is 0 Å². The van der Waals surface area contributed by atoms with Gasteiger partial charge in [0.15, 0.2) is 9.84 Å². The Balaban J connectivity index is 2.02. The summed E-state index contributed by atoms with van der Waals surface area (Å²) in [5, 5.41) is 4.49. The summed E-state index contributed by atoms with van der Waals surface area (Å²) in [6.07, 6.45) is 4.13.